The van der Waals surface area contributed by atoms with Crippen molar-refractivity contribution in [2.45, 2.75) is 6.92 Å². The van der Waals surface area contributed by atoms with E-state index in [1.54, 1.807) is 30.3 Å². The van der Waals surface area contributed by atoms with E-state index in [2.05, 4.69) is 26.0 Å². The van der Waals surface area contributed by atoms with Crippen molar-refractivity contribution in [1.82, 2.24) is 15.4 Å². The normalized spacial score (nSPS) is 10.3. The van der Waals surface area contributed by atoms with Crippen LogP contribution in [0.25, 0.3) is 0 Å². The molecule has 3 aromatic rings. The second-order valence-corrected chi connectivity index (χ2v) is 5.04. The minimum Gasteiger partial charge on any atom is -0.492 e. The molecule has 128 valence electrons. The van der Waals surface area contributed by atoms with E-state index in [0.717, 1.165) is 0 Å². The number of anilines is 3. The van der Waals surface area contributed by atoms with Crippen LogP contribution in [0, 0.1) is 5.82 Å². The molecule has 0 atom stereocenters. The molecular formula is C17H16FN5O2. The maximum absolute atomic E-state index is 13.3. The Morgan fingerprint density at radius 2 is 2.04 bits per heavy atom. The maximum Gasteiger partial charge on any atom is 0.280 e. The molecule has 3 rings (SSSR count). The summed E-state index contributed by atoms with van der Waals surface area (Å²) in [4.78, 5) is 12.5. The van der Waals surface area contributed by atoms with Gasteiger partial charge >= 0.3 is 0 Å². The van der Waals surface area contributed by atoms with Gasteiger partial charge in [-0.1, -0.05) is 18.2 Å². The molecule has 1 aromatic heterocycles. The Labute approximate surface area is 143 Å². The highest BCUT2D eigenvalue weighted by Crippen LogP contribution is 2.25. The highest BCUT2D eigenvalue weighted by Gasteiger charge is 2.18. The third-order valence-corrected chi connectivity index (χ3v) is 3.29. The van der Waals surface area contributed by atoms with Gasteiger partial charge in [-0.15, -0.1) is 10.2 Å². The van der Waals surface area contributed by atoms with Crippen LogP contribution >= 0.6 is 0 Å². The third-order valence-electron chi connectivity index (χ3n) is 3.29. The van der Waals surface area contributed by atoms with Crippen LogP contribution < -0.4 is 15.4 Å². The smallest absolute Gasteiger partial charge is 0.280 e. The molecule has 0 bridgehead atoms. The van der Waals surface area contributed by atoms with Crippen LogP contribution in [0.3, 0.4) is 0 Å². The lowest BCUT2D eigenvalue weighted by molar-refractivity contribution is 0.102. The van der Waals surface area contributed by atoms with Gasteiger partial charge in [0.25, 0.3) is 5.91 Å². The van der Waals surface area contributed by atoms with Gasteiger partial charge in [0.05, 0.1) is 12.3 Å². The van der Waals surface area contributed by atoms with Gasteiger partial charge in [-0.2, -0.15) is 5.21 Å². The summed E-state index contributed by atoms with van der Waals surface area (Å²) in [5, 5.41) is 15.8. The third kappa shape index (κ3) is 3.92. The van der Waals surface area contributed by atoms with E-state index in [9.17, 15) is 9.18 Å². The van der Waals surface area contributed by atoms with Crippen LogP contribution in [0.5, 0.6) is 5.75 Å². The Morgan fingerprint density at radius 3 is 2.84 bits per heavy atom. The van der Waals surface area contributed by atoms with Gasteiger partial charge in [-0.25, -0.2) is 4.39 Å². The number of halogens is 1. The van der Waals surface area contributed by atoms with Crippen molar-refractivity contribution in [3.05, 3.63) is 60.0 Å². The molecule has 0 spiro atoms. The fourth-order valence-corrected chi connectivity index (χ4v) is 2.21. The van der Waals surface area contributed by atoms with E-state index in [4.69, 9.17) is 4.74 Å². The van der Waals surface area contributed by atoms with Crippen LogP contribution in [-0.2, 0) is 0 Å². The molecule has 1 heterocycles. The maximum atomic E-state index is 13.3. The Balaban J connectivity index is 1.79. The van der Waals surface area contributed by atoms with Crippen molar-refractivity contribution < 1.29 is 13.9 Å². The van der Waals surface area contributed by atoms with Gasteiger partial charge in [0.1, 0.15) is 11.6 Å². The number of rotatable bonds is 6. The Bertz CT molecular complexity index is 881. The van der Waals surface area contributed by atoms with Crippen LogP contribution in [0.4, 0.5) is 21.6 Å². The highest BCUT2D eigenvalue weighted by atomic mass is 19.1. The molecule has 0 unspecified atom stereocenters. The molecule has 0 aliphatic carbocycles. The fraction of sp³-hybridized carbons (Fsp3) is 0.118. The number of carbonyl (C=O) groups is 1. The SMILES string of the molecule is CCOc1ccccc1NC(=O)c1n[nH]nc1Nc1cccc(F)c1. The standard InChI is InChI=1S/C17H16FN5O2/c1-2-25-14-9-4-3-8-13(14)20-17(24)15-16(22-23-21-15)19-12-7-5-6-11(18)10-12/h3-10H,2H2,1H3,(H,20,24)(H2,19,21,22,23). The molecular weight excluding hydrogens is 325 g/mol. The van der Waals surface area contributed by atoms with Gasteiger partial charge in [-0.3, -0.25) is 4.79 Å². The monoisotopic (exact) mass is 341 g/mol. The Hall–Kier alpha value is -3.42. The van der Waals surface area contributed by atoms with E-state index in [1.807, 2.05) is 13.0 Å². The fourth-order valence-electron chi connectivity index (χ4n) is 2.21. The molecule has 0 aliphatic heterocycles. The Kier molecular flexibility index (Phi) is 4.89. The topological polar surface area (TPSA) is 91.9 Å². The summed E-state index contributed by atoms with van der Waals surface area (Å²) >= 11 is 0. The zero-order valence-corrected chi connectivity index (χ0v) is 13.4. The minimum atomic E-state index is -0.472. The van der Waals surface area contributed by atoms with Crippen molar-refractivity contribution in [3.63, 3.8) is 0 Å². The van der Waals surface area contributed by atoms with Gasteiger partial charge < -0.3 is 15.4 Å². The average molecular weight is 341 g/mol. The molecule has 0 saturated carbocycles. The van der Waals surface area contributed by atoms with Crippen molar-refractivity contribution in [2.75, 3.05) is 17.2 Å². The molecule has 0 fully saturated rings. The number of nitrogens with zero attached hydrogens (tertiary/aromatic N) is 2. The van der Waals surface area contributed by atoms with Gasteiger partial charge in [0, 0.05) is 5.69 Å². The summed E-state index contributed by atoms with van der Waals surface area (Å²) < 4.78 is 18.8. The first-order valence-electron chi connectivity index (χ1n) is 7.64. The zero-order valence-electron chi connectivity index (χ0n) is 13.4. The second-order valence-electron chi connectivity index (χ2n) is 5.04. The lowest BCUT2D eigenvalue weighted by Crippen LogP contribution is -2.15. The number of hydrogen-bond donors (Lipinski definition) is 3. The van der Waals surface area contributed by atoms with Crippen molar-refractivity contribution in [3.8, 4) is 5.75 Å². The lowest BCUT2D eigenvalue weighted by Gasteiger charge is -2.11. The molecule has 0 saturated heterocycles. The predicted molar refractivity (Wildman–Crippen MR) is 91.6 cm³/mol. The number of aromatic nitrogens is 3. The molecule has 7 nitrogen and oxygen atoms in total. The first kappa shape index (κ1) is 16.4. The summed E-state index contributed by atoms with van der Waals surface area (Å²) in [7, 11) is 0. The van der Waals surface area contributed by atoms with Crippen LogP contribution in [0.1, 0.15) is 17.4 Å². The van der Waals surface area contributed by atoms with Gasteiger partial charge in [0.2, 0.25) is 0 Å². The Morgan fingerprint density at radius 1 is 1.20 bits per heavy atom. The summed E-state index contributed by atoms with van der Waals surface area (Å²) in [5.41, 5.74) is 1.03. The number of carbonyl (C=O) groups excluding carboxylic acids is 1. The highest BCUT2D eigenvalue weighted by molar-refractivity contribution is 6.06. The quantitative estimate of drug-likeness (QED) is 0.639. The minimum absolute atomic E-state index is 0.0514. The second kappa shape index (κ2) is 7.43. The molecule has 2 aromatic carbocycles. The lowest BCUT2D eigenvalue weighted by atomic mass is 10.2. The summed E-state index contributed by atoms with van der Waals surface area (Å²) in [5.74, 6) is -0.122. The van der Waals surface area contributed by atoms with E-state index >= 15 is 0 Å². The predicted octanol–water partition coefficient (Wildman–Crippen LogP) is 3.34. The molecule has 3 N–H and O–H groups in total. The van der Waals surface area contributed by atoms with E-state index < -0.39 is 11.7 Å². The number of H-pyrrole nitrogens is 1. The molecule has 1 amide bonds. The number of aromatic amines is 1. The van der Waals surface area contributed by atoms with Crippen molar-refractivity contribution >= 4 is 23.1 Å². The zero-order chi connectivity index (χ0) is 17.6. The number of hydrogen-bond acceptors (Lipinski definition) is 5. The summed E-state index contributed by atoms with van der Waals surface area (Å²) in [6, 6.07) is 12.9. The average Bonchev–Trinajstić information content (AvgIpc) is 3.05. The molecule has 0 radical (unpaired) electrons. The van der Waals surface area contributed by atoms with Crippen LogP contribution in [-0.4, -0.2) is 27.9 Å². The number of para-hydroxylation sites is 2. The first-order valence-corrected chi connectivity index (χ1v) is 7.64. The van der Waals surface area contributed by atoms with Crippen molar-refractivity contribution in [2.24, 2.45) is 0 Å². The van der Waals surface area contributed by atoms with E-state index in [-0.39, 0.29) is 11.5 Å². The number of ether oxygens (including phenoxy) is 1. The van der Waals surface area contributed by atoms with Crippen LogP contribution in [0.2, 0.25) is 0 Å². The molecule has 8 heteroatoms. The molecule has 25 heavy (non-hydrogen) atoms. The number of nitrogens with one attached hydrogen (secondary N) is 3. The largest absolute Gasteiger partial charge is 0.492 e. The number of benzene rings is 2. The van der Waals surface area contributed by atoms with Crippen LogP contribution in [0.15, 0.2) is 48.5 Å². The van der Waals surface area contributed by atoms with E-state index in [1.165, 1.54) is 12.1 Å². The number of amides is 1. The first-order chi connectivity index (χ1) is 12.2. The summed E-state index contributed by atoms with van der Waals surface area (Å²) in [6.45, 7) is 2.33. The summed E-state index contributed by atoms with van der Waals surface area (Å²) in [6.07, 6.45) is 0. The van der Waals surface area contributed by atoms with E-state index in [0.29, 0.717) is 23.7 Å². The molecule has 0 aliphatic rings. The van der Waals surface area contributed by atoms with Crippen molar-refractivity contribution in [1.29, 1.82) is 0 Å². The van der Waals surface area contributed by atoms with Gasteiger partial charge in [-0.05, 0) is 37.3 Å². The van der Waals surface area contributed by atoms with Gasteiger partial charge in [0.15, 0.2) is 11.5 Å².